The maximum Gasteiger partial charge on any atom is 0.229 e. The highest BCUT2D eigenvalue weighted by molar-refractivity contribution is 7.92. The molecule has 0 aliphatic heterocycles. The number of halogens is 1. The van der Waals surface area contributed by atoms with Crippen LogP contribution in [0.25, 0.3) is 0 Å². The summed E-state index contributed by atoms with van der Waals surface area (Å²) in [7, 11) is 2.37. The first kappa shape index (κ1) is 29.6. The molecule has 2 aliphatic carbocycles. The molecule has 12 heteroatoms. The first-order chi connectivity index (χ1) is 19.4. The van der Waals surface area contributed by atoms with Crippen LogP contribution in [0.5, 0.6) is 5.75 Å². The molecule has 0 saturated heterocycles. The molecule has 41 heavy (non-hydrogen) atoms. The molecule has 0 radical (unpaired) electrons. The lowest BCUT2D eigenvalue weighted by Crippen LogP contribution is -2.31. The molecular formula is C29H40ClN7O3S. The van der Waals surface area contributed by atoms with E-state index >= 15 is 0 Å². The molecule has 10 nitrogen and oxygen atoms in total. The zero-order valence-electron chi connectivity index (χ0n) is 24.6. The van der Waals surface area contributed by atoms with E-state index in [9.17, 15) is 8.42 Å². The summed E-state index contributed by atoms with van der Waals surface area (Å²) in [5, 5.41) is 10.1. The van der Waals surface area contributed by atoms with Crippen molar-refractivity contribution >= 4 is 44.6 Å². The van der Waals surface area contributed by atoms with Gasteiger partial charge in [-0.25, -0.2) is 13.4 Å². The number of aryl methyl sites for hydroxylation is 2. The average Bonchev–Trinajstić information content (AvgIpc) is 3.66. The molecule has 2 fully saturated rings. The molecule has 0 bridgehead atoms. The Kier molecular flexibility index (Phi) is 8.50. The fraction of sp³-hybridized carbons (Fsp3) is 0.552. The van der Waals surface area contributed by atoms with Gasteiger partial charge in [0.25, 0.3) is 0 Å². The van der Waals surface area contributed by atoms with Crippen molar-refractivity contribution in [3.05, 3.63) is 40.7 Å². The van der Waals surface area contributed by atoms with E-state index in [2.05, 4.69) is 63.8 Å². The molecule has 222 valence electrons. The third-order valence-corrected chi connectivity index (χ3v) is 10.3. The van der Waals surface area contributed by atoms with Crippen LogP contribution in [-0.2, 0) is 16.9 Å². The Morgan fingerprint density at radius 2 is 1.78 bits per heavy atom. The number of nitrogens with zero attached hydrogens (tertiary/aromatic N) is 5. The number of benzene rings is 1. The van der Waals surface area contributed by atoms with E-state index < -0.39 is 15.1 Å². The fourth-order valence-corrected chi connectivity index (χ4v) is 6.60. The Morgan fingerprint density at radius 1 is 1.07 bits per heavy atom. The number of rotatable bonds is 10. The van der Waals surface area contributed by atoms with Crippen LogP contribution in [0.2, 0.25) is 5.02 Å². The van der Waals surface area contributed by atoms with E-state index in [1.807, 2.05) is 0 Å². The van der Waals surface area contributed by atoms with Crippen LogP contribution in [-0.4, -0.2) is 64.6 Å². The zero-order valence-corrected chi connectivity index (χ0v) is 26.2. The molecule has 2 saturated carbocycles. The van der Waals surface area contributed by atoms with E-state index in [-0.39, 0.29) is 22.0 Å². The lowest BCUT2D eigenvalue weighted by Gasteiger charge is -2.33. The number of sulfone groups is 1. The van der Waals surface area contributed by atoms with Gasteiger partial charge in [0, 0.05) is 19.3 Å². The second kappa shape index (κ2) is 11.8. The summed E-state index contributed by atoms with van der Waals surface area (Å²) in [6.45, 7) is 5.39. The van der Waals surface area contributed by atoms with Crippen LogP contribution in [0.1, 0.15) is 69.4 Å². The molecule has 2 aliphatic rings. The van der Waals surface area contributed by atoms with Gasteiger partial charge in [0.2, 0.25) is 20.8 Å². The fourth-order valence-electron chi connectivity index (χ4n) is 5.36. The maximum absolute atomic E-state index is 12.9. The SMILES string of the molecule is Cc1cc(Nc2ncc(Cl)c(Nc3cn(C)nc3S(=O)(=O)C(C)C)n2)c(OC2CC2)cc1[C@H]1CC[C@H](N(C)C)CC1. The van der Waals surface area contributed by atoms with Crippen molar-refractivity contribution in [2.75, 3.05) is 24.7 Å². The Morgan fingerprint density at radius 3 is 2.41 bits per heavy atom. The van der Waals surface area contributed by atoms with Crippen molar-refractivity contribution in [1.82, 2.24) is 24.6 Å². The summed E-state index contributed by atoms with van der Waals surface area (Å²) in [6.07, 6.45) is 10.1. The Bertz CT molecular complexity index is 1510. The maximum atomic E-state index is 12.9. The van der Waals surface area contributed by atoms with Gasteiger partial charge in [-0.05, 0) is 103 Å². The predicted octanol–water partition coefficient (Wildman–Crippen LogP) is 5.97. The first-order valence-corrected chi connectivity index (χ1v) is 16.2. The van der Waals surface area contributed by atoms with E-state index in [0.717, 1.165) is 37.1 Å². The van der Waals surface area contributed by atoms with Crippen molar-refractivity contribution in [3.63, 3.8) is 0 Å². The van der Waals surface area contributed by atoms with Gasteiger partial charge in [0.15, 0.2) is 5.82 Å². The van der Waals surface area contributed by atoms with Gasteiger partial charge < -0.3 is 20.3 Å². The average molecular weight is 602 g/mol. The van der Waals surface area contributed by atoms with E-state index in [1.54, 1.807) is 27.1 Å². The van der Waals surface area contributed by atoms with Crippen molar-refractivity contribution in [2.45, 2.75) is 87.6 Å². The van der Waals surface area contributed by atoms with Gasteiger partial charge in [-0.3, -0.25) is 4.68 Å². The molecular weight excluding hydrogens is 562 g/mol. The molecule has 0 atom stereocenters. The number of hydrogen-bond acceptors (Lipinski definition) is 9. The lowest BCUT2D eigenvalue weighted by atomic mass is 9.80. The van der Waals surface area contributed by atoms with Crippen molar-refractivity contribution < 1.29 is 13.2 Å². The summed E-state index contributed by atoms with van der Waals surface area (Å²) in [4.78, 5) is 11.3. The lowest BCUT2D eigenvalue weighted by molar-refractivity contribution is 0.216. The normalized spacial score (nSPS) is 19.5. The number of anilines is 4. The first-order valence-electron chi connectivity index (χ1n) is 14.2. The Balaban J connectivity index is 1.41. The molecule has 3 aromatic rings. The minimum atomic E-state index is -3.63. The number of ether oxygens (including phenoxy) is 1. The molecule has 5 rings (SSSR count). The Hall–Kier alpha value is -2.89. The molecule has 2 aromatic heterocycles. The highest BCUT2D eigenvalue weighted by Crippen LogP contribution is 2.42. The third-order valence-electron chi connectivity index (χ3n) is 7.98. The van der Waals surface area contributed by atoms with Crippen LogP contribution in [0.4, 0.5) is 23.1 Å². The minimum Gasteiger partial charge on any atom is -0.488 e. The Labute approximate surface area is 247 Å². The number of aromatic nitrogens is 4. The predicted molar refractivity (Wildman–Crippen MR) is 163 cm³/mol. The van der Waals surface area contributed by atoms with Crippen molar-refractivity contribution in [1.29, 1.82) is 0 Å². The zero-order chi connectivity index (χ0) is 29.5. The van der Waals surface area contributed by atoms with Crippen molar-refractivity contribution in [3.8, 4) is 5.75 Å². The van der Waals surface area contributed by atoms with Crippen molar-refractivity contribution in [2.24, 2.45) is 7.05 Å². The van der Waals surface area contributed by atoms with Gasteiger partial charge in [-0.15, -0.1) is 0 Å². The van der Waals surface area contributed by atoms with Crippen LogP contribution >= 0.6 is 11.6 Å². The van der Waals surface area contributed by atoms with E-state index in [1.165, 1.54) is 34.8 Å². The summed E-state index contributed by atoms with van der Waals surface area (Å²) >= 11 is 6.44. The second-order valence-electron chi connectivity index (χ2n) is 11.7. The van der Waals surface area contributed by atoms with Crippen LogP contribution in [0.3, 0.4) is 0 Å². The molecule has 0 spiro atoms. The molecule has 0 amide bonds. The quantitative estimate of drug-likeness (QED) is 0.290. The summed E-state index contributed by atoms with van der Waals surface area (Å²) in [5.41, 5.74) is 3.64. The topological polar surface area (TPSA) is 114 Å². The van der Waals surface area contributed by atoms with E-state index in [4.69, 9.17) is 16.3 Å². The number of hydrogen-bond donors (Lipinski definition) is 2. The van der Waals surface area contributed by atoms with Crippen LogP contribution in [0, 0.1) is 6.92 Å². The monoisotopic (exact) mass is 601 g/mol. The highest BCUT2D eigenvalue weighted by Gasteiger charge is 2.29. The van der Waals surface area contributed by atoms with Gasteiger partial charge >= 0.3 is 0 Å². The van der Waals surface area contributed by atoms with Crippen LogP contribution < -0.4 is 15.4 Å². The van der Waals surface area contributed by atoms with Gasteiger partial charge in [0.1, 0.15) is 10.8 Å². The molecule has 0 unspecified atom stereocenters. The molecule has 1 aromatic carbocycles. The summed E-state index contributed by atoms with van der Waals surface area (Å²) < 4.78 is 33.6. The van der Waals surface area contributed by atoms with Gasteiger partial charge in [-0.2, -0.15) is 10.1 Å². The highest BCUT2D eigenvalue weighted by atomic mass is 35.5. The molecule has 2 heterocycles. The van der Waals surface area contributed by atoms with Crippen LogP contribution in [0.15, 0.2) is 29.6 Å². The minimum absolute atomic E-state index is 0.0508. The van der Waals surface area contributed by atoms with E-state index in [0.29, 0.717) is 23.6 Å². The number of nitrogens with one attached hydrogen (secondary N) is 2. The standard InChI is InChI=1S/C29H40ClN7O3S/c1-17(2)41(38,39)28-25(16-37(6)35-28)32-27-23(30)15-31-29(34-27)33-24-13-18(3)22(14-26(24)40-21-11-12-21)19-7-9-20(10-8-19)36(4)5/h13-17,19-21H,7-12H2,1-6H3,(H2,31,32,33,34)/t19-,20-. The molecule has 2 N–H and O–H groups in total. The largest absolute Gasteiger partial charge is 0.488 e. The summed E-state index contributed by atoms with van der Waals surface area (Å²) in [5.74, 6) is 1.90. The van der Waals surface area contributed by atoms with Gasteiger partial charge in [-0.1, -0.05) is 11.6 Å². The van der Waals surface area contributed by atoms with Gasteiger partial charge in [0.05, 0.1) is 28.9 Å². The third kappa shape index (κ3) is 6.62. The second-order valence-corrected chi connectivity index (χ2v) is 14.6. The smallest absolute Gasteiger partial charge is 0.229 e. The summed E-state index contributed by atoms with van der Waals surface area (Å²) in [6, 6.07) is 4.96.